The van der Waals surface area contributed by atoms with E-state index in [1.54, 1.807) is 12.1 Å². The van der Waals surface area contributed by atoms with Crippen LogP contribution in [-0.2, 0) is 0 Å². The van der Waals surface area contributed by atoms with Crippen LogP contribution in [0.4, 0.5) is 5.69 Å². The van der Waals surface area contributed by atoms with E-state index in [0.29, 0.717) is 10.9 Å². The summed E-state index contributed by atoms with van der Waals surface area (Å²) in [6.45, 7) is 1.95. The number of aryl methyl sites for hydroxylation is 1. The van der Waals surface area contributed by atoms with E-state index in [0.717, 1.165) is 29.4 Å². The Balaban J connectivity index is 1.89. The van der Waals surface area contributed by atoms with E-state index in [2.05, 4.69) is 20.8 Å². The first kappa shape index (κ1) is 18.1. The molecule has 0 unspecified atom stereocenters. The number of benzene rings is 1. The van der Waals surface area contributed by atoms with Crippen LogP contribution in [0.3, 0.4) is 0 Å². The number of hydrogen-bond acceptors (Lipinski definition) is 6. The molecule has 0 spiro atoms. The molecule has 1 aromatic heterocycles. The highest BCUT2D eigenvalue weighted by molar-refractivity contribution is 8.08. The van der Waals surface area contributed by atoms with Crippen molar-refractivity contribution in [1.29, 1.82) is 5.26 Å². The Labute approximate surface area is 155 Å². The molecule has 0 N–H and O–H groups in total. The summed E-state index contributed by atoms with van der Waals surface area (Å²) < 4.78 is 2.17. The van der Waals surface area contributed by atoms with Crippen LogP contribution < -0.4 is 0 Å². The maximum Gasteiger partial charge on any atom is 0.269 e. The number of nitrogens with zero attached hydrogens (tertiary/aromatic N) is 5. The zero-order chi connectivity index (χ0) is 18.5. The third-order valence-electron chi connectivity index (χ3n) is 4.53. The topological polar surface area (TPSA) is 97.6 Å². The fourth-order valence-corrected chi connectivity index (χ4v) is 4.28. The second-order valence-corrected chi connectivity index (χ2v) is 7.24. The van der Waals surface area contributed by atoms with Gasteiger partial charge in [-0.1, -0.05) is 19.3 Å². The highest BCUT2D eigenvalue weighted by Crippen LogP contribution is 2.38. The van der Waals surface area contributed by atoms with Crippen molar-refractivity contribution in [3.63, 3.8) is 0 Å². The Morgan fingerprint density at radius 3 is 2.62 bits per heavy atom. The monoisotopic (exact) mass is 369 g/mol. The molecular weight excluding hydrogens is 350 g/mol. The van der Waals surface area contributed by atoms with Crippen LogP contribution in [0.25, 0.3) is 4.91 Å². The average Bonchev–Trinajstić information content (AvgIpc) is 3.02. The van der Waals surface area contributed by atoms with Crippen molar-refractivity contribution < 1.29 is 4.92 Å². The Hall–Kier alpha value is -2.66. The molecule has 0 saturated heterocycles. The predicted octanol–water partition coefficient (Wildman–Crippen LogP) is 4.66. The van der Waals surface area contributed by atoms with Crippen LogP contribution >= 0.6 is 11.8 Å². The largest absolute Gasteiger partial charge is 0.303 e. The molecule has 7 nitrogen and oxygen atoms in total. The van der Waals surface area contributed by atoms with E-state index in [1.165, 1.54) is 49.2 Å². The normalized spacial score (nSPS) is 15.6. The standard InChI is InChI=1S/C18H19N5O2S/c1-13-20-21-18(22(13)15-5-3-2-4-6-15)26-17(11-12-19)14-7-9-16(10-8-14)23(24)25/h7-11,15H,2-6H2,1H3/b17-11+. The fraction of sp³-hybridized carbons (Fsp3) is 0.389. The molecule has 26 heavy (non-hydrogen) atoms. The van der Waals surface area contributed by atoms with Gasteiger partial charge < -0.3 is 4.57 Å². The molecule has 0 atom stereocenters. The molecule has 1 heterocycles. The molecule has 8 heteroatoms. The number of thioether (sulfide) groups is 1. The summed E-state index contributed by atoms with van der Waals surface area (Å²) in [6.07, 6.45) is 7.34. The fourth-order valence-electron chi connectivity index (χ4n) is 3.26. The lowest BCUT2D eigenvalue weighted by Gasteiger charge is -2.25. The number of nitriles is 1. The van der Waals surface area contributed by atoms with Gasteiger partial charge in [-0.05, 0) is 49.2 Å². The van der Waals surface area contributed by atoms with Crippen LogP contribution in [0.5, 0.6) is 0 Å². The van der Waals surface area contributed by atoms with Crippen LogP contribution in [0.2, 0.25) is 0 Å². The Morgan fingerprint density at radius 1 is 1.31 bits per heavy atom. The first-order chi connectivity index (χ1) is 12.6. The first-order valence-corrected chi connectivity index (χ1v) is 9.35. The van der Waals surface area contributed by atoms with Gasteiger partial charge in [-0.2, -0.15) is 5.26 Å². The minimum absolute atomic E-state index is 0.0243. The SMILES string of the molecule is Cc1nnc(S/C(=C/C#N)c2ccc([N+](=O)[O-])cc2)n1C1CCCCC1. The van der Waals surface area contributed by atoms with Gasteiger partial charge in [-0.15, -0.1) is 10.2 Å². The lowest BCUT2D eigenvalue weighted by molar-refractivity contribution is -0.384. The Bertz CT molecular complexity index is 861. The maximum atomic E-state index is 10.8. The Kier molecular flexibility index (Phi) is 5.68. The molecule has 1 saturated carbocycles. The molecule has 1 aromatic carbocycles. The van der Waals surface area contributed by atoms with Crippen LogP contribution in [-0.4, -0.2) is 19.7 Å². The van der Waals surface area contributed by atoms with E-state index in [1.807, 2.05) is 6.92 Å². The zero-order valence-electron chi connectivity index (χ0n) is 14.5. The lowest BCUT2D eigenvalue weighted by Crippen LogP contribution is -2.15. The van der Waals surface area contributed by atoms with Crippen molar-refractivity contribution in [2.24, 2.45) is 0 Å². The van der Waals surface area contributed by atoms with Crippen LogP contribution in [0.1, 0.15) is 49.5 Å². The minimum Gasteiger partial charge on any atom is -0.303 e. The third-order valence-corrected chi connectivity index (χ3v) is 5.57. The van der Waals surface area contributed by atoms with E-state index in [9.17, 15) is 10.1 Å². The molecule has 1 aliphatic rings. The van der Waals surface area contributed by atoms with E-state index < -0.39 is 4.92 Å². The van der Waals surface area contributed by atoms with Gasteiger partial charge in [0.25, 0.3) is 5.69 Å². The van der Waals surface area contributed by atoms with Gasteiger partial charge in [-0.25, -0.2) is 0 Å². The van der Waals surface area contributed by atoms with Crippen molar-refractivity contribution in [2.45, 2.75) is 50.2 Å². The molecular formula is C18H19N5O2S. The van der Waals surface area contributed by atoms with Crippen LogP contribution in [0, 0.1) is 28.4 Å². The molecule has 0 aliphatic heterocycles. The number of hydrogen-bond donors (Lipinski definition) is 0. The zero-order valence-corrected chi connectivity index (χ0v) is 15.3. The number of nitro groups is 1. The van der Waals surface area contributed by atoms with E-state index in [-0.39, 0.29) is 5.69 Å². The first-order valence-electron chi connectivity index (χ1n) is 8.54. The third kappa shape index (κ3) is 3.94. The number of allylic oxidation sites excluding steroid dienone is 1. The molecule has 2 aromatic rings. The summed E-state index contributed by atoms with van der Waals surface area (Å²) >= 11 is 1.38. The molecule has 0 bridgehead atoms. The second kappa shape index (κ2) is 8.15. The number of non-ortho nitro benzene ring substituents is 1. The molecule has 0 amide bonds. The van der Waals surface area contributed by atoms with Gasteiger partial charge in [0.1, 0.15) is 5.82 Å². The predicted molar refractivity (Wildman–Crippen MR) is 99.4 cm³/mol. The van der Waals surface area contributed by atoms with E-state index in [4.69, 9.17) is 5.26 Å². The second-order valence-electron chi connectivity index (χ2n) is 6.24. The smallest absolute Gasteiger partial charge is 0.269 e. The van der Waals surface area contributed by atoms with Crippen molar-refractivity contribution in [1.82, 2.24) is 14.8 Å². The van der Waals surface area contributed by atoms with Gasteiger partial charge >= 0.3 is 0 Å². The van der Waals surface area contributed by atoms with E-state index >= 15 is 0 Å². The molecule has 1 aliphatic carbocycles. The van der Waals surface area contributed by atoms with Crippen LogP contribution in [0.15, 0.2) is 35.5 Å². The molecule has 0 radical (unpaired) electrons. The van der Waals surface area contributed by atoms with Crippen molar-refractivity contribution in [3.05, 3.63) is 51.8 Å². The summed E-state index contributed by atoms with van der Waals surface area (Å²) in [5.74, 6) is 0.874. The summed E-state index contributed by atoms with van der Waals surface area (Å²) in [7, 11) is 0. The number of rotatable bonds is 5. The van der Waals surface area contributed by atoms with Crippen molar-refractivity contribution >= 4 is 22.4 Å². The lowest BCUT2D eigenvalue weighted by atomic mass is 9.95. The molecule has 1 fully saturated rings. The number of nitro benzene ring substituents is 1. The summed E-state index contributed by atoms with van der Waals surface area (Å²) in [5.41, 5.74) is 0.772. The van der Waals surface area contributed by atoms with Gasteiger partial charge in [0.15, 0.2) is 5.16 Å². The summed E-state index contributed by atoms with van der Waals surface area (Å²) in [6, 6.07) is 8.64. The number of aromatic nitrogens is 3. The van der Waals surface area contributed by atoms with Gasteiger partial charge in [-0.3, -0.25) is 10.1 Å². The quantitative estimate of drug-likeness (QED) is 0.329. The minimum atomic E-state index is -0.437. The Morgan fingerprint density at radius 2 is 2.00 bits per heavy atom. The molecule has 3 rings (SSSR count). The summed E-state index contributed by atoms with van der Waals surface area (Å²) in [5, 5.41) is 29.3. The average molecular weight is 369 g/mol. The van der Waals surface area contributed by atoms with Crippen molar-refractivity contribution in [2.75, 3.05) is 0 Å². The highest BCUT2D eigenvalue weighted by Gasteiger charge is 2.22. The van der Waals surface area contributed by atoms with Gasteiger partial charge in [0.2, 0.25) is 0 Å². The maximum absolute atomic E-state index is 10.8. The van der Waals surface area contributed by atoms with Gasteiger partial charge in [0, 0.05) is 29.2 Å². The highest BCUT2D eigenvalue weighted by atomic mass is 32.2. The summed E-state index contributed by atoms with van der Waals surface area (Å²) in [4.78, 5) is 11.1. The van der Waals surface area contributed by atoms with Crippen molar-refractivity contribution in [3.8, 4) is 6.07 Å². The molecule has 134 valence electrons. The van der Waals surface area contributed by atoms with Gasteiger partial charge in [0.05, 0.1) is 11.0 Å².